The molecule has 318 valence electrons. The van der Waals surface area contributed by atoms with E-state index >= 15 is 0 Å². The lowest BCUT2D eigenvalue weighted by Crippen LogP contribution is -2.49. The molecule has 2 heterocycles. The first-order valence-electron chi connectivity index (χ1n) is 18.4. The van der Waals surface area contributed by atoms with Crippen molar-refractivity contribution in [3.8, 4) is 0 Å². The van der Waals surface area contributed by atoms with Crippen LogP contribution in [0.15, 0.2) is 10.5 Å². The van der Waals surface area contributed by atoms with E-state index in [1.165, 1.54) is 6.92 Å². The molecule has 1 atom stereocenters. The number of hydrogen-bond acceptors (Lipinski definition) is 16. The van der Waals surface area contributed by atoms with Gasteiger partial charge in [-0.2, -0.15) is 0 Å². The fraction of sp³-hybridized carbons (Fsp3) is 0.735. The van der Waals surface area contributed by atoms with E-state index in [1.54, 1.807) is 14.7 Å². The van der Waals surface area contributed by atoms with Gasteiger partial charge in [-0.15, -0.1) is 11.8 Å². The average Bonchev–Trinajstić information content (AvgIpc) is 3.32. The molecule has 0 saturated carbocycles. The summed E-state index contributed by atoms with van der Waals surface area (Å²) in [6, 6.07) is -1.14. The maximum atomic E-state index is 12.8. The largest absolute Gasteiger partial charge is 0.480 e. The third kappa shape index (κ3) is 19.9. The van der Waals surface area contributed by atoms with Crippen molar-refractivity contribution in [1.82, 2.24) is 29.8 Å². The number of thioether (sulfide) groups is 1. The highest BCUT2D eigenvalue weighted by Crippen LogP contribution is 2.30. The van der Waals surface area contributed by atoms with Gasteiger partial charge in [0.15, 0.2) is 0 Å². The van der Waals surface area contributed by atoms with E-state index in [2.05, 4.69) is 5.32 Å². The average molecular weight is 820 g/mol. The Morgan fingerprint density at radius 3 is 1.50 bits per heavy atom. The monoisotopic (exact) mass is 819 g/mol. The molecule has 0 aliphatic carbocycles. The lowest BCUT2D eigenvalue weighted by atomic mass is 10.3. The summed E-state index contributed by atoms with van der Waals surface area (Å²) in [7, 11) is 0. The lowest BCUT2D eigenvalue weighted by molar-refractivity contribution is -0.140. The van der Waals surface area contributed by atoms with E-state index in [4.69, 9.17) is 25.1 Å². The van der Waals surface area contributed by atoms with Crippen LogP contribution in [0.3, 0.4) is 0 Å². The van der Waals surface area contributed by atoms with E-state index in [1.807, 2.05) is 4.90 Å². The van der Waals surface area contributed by atoms with Gasteiger partial charge in [0.1, 0.15) is 6.04 Å². The molecule has 0 aromatic heterocycles. The zero-order valence-corrected chi connectivity index (χ0v) is 32.8. The van der Waals surface area contributed by atoms with Crippen LogP contribution in [0.4, 0.5) is 0 Å². The second kappa shape index (κ2) is 27.0. The SMILES string of the molecule is CC1=C(SC[C@H](N)C(=O)O)C(=O)N(CCCOCCOCCOCCCNC(=O)CN2CCN(CC(=O)O)CCN(CC(=O)O)CCN(CC(=O)O)CC2)C1=O. The van der Waals surface area contributed by atoms with Crippen molar-refractivity contribution in [3.05, 3.63) is 10.5 Å². The number of carboxylic acid groups (broad SMARTS) is 4. The van der Waals surface area contributed by atoms with Crippen molar-refractivity contribution in [2.24, 2.45) is 5.73 Å². The number of carboxylic acids is 4. The topological polar surface area (TPSA) is 282 Å². The quantitative estimate of drug-likeness (QED) is 0.0380. The predicted octanol–water partition coefficient (Wildman–Crippen LogP) is -2.80. The molecule has 2 aliphatic rings. The fourth-order valence-electron chi connectivity index (χ4n) is 5.60. The van der Waals surface area contributed by atoms with Crippen molar-refractivity contribution >= 4 is 53.4 Å². The number of carbonyl (C=O) groups is 7. The standard InChI is InChI=1S/C34H57N7O14S/c1-25-31(56-24-26(35)34(51)52)33(50)41(32(25)49)5-3-15-54-17-19-55-18-16-53-14-2-4-36-27(42)20-37-6-8-38(21-28(43)44)10-12-40(23-30(47)48)13-11-39(9-7-37)22-29(45)46/h26H,2-24,35H2,1H3,(H,36,42)(H,43,44)(H,45,46)(H,47,48)(H,51,52)/t26-/m0/s1. The molecule has 2 aliphatic heterocycles. The van der Waals surface area contributed by atoms with Crippen molar-refractivity contribution in [2.75, 3.05) is 137 Å². The van der Waals surface area contributed by atoms with Crippen molar-refractivity contribution in [2.45, 2.75) is 25.8 Å². The molecular formula is C34H57N7O14S. The number of imide groups is 1. The molecule has 0 aromatic carbocycles. The smallest absolute Gasteiger partial charge is 0.321 e. The van der Waals surface area contributed by atoms with Gasteiger partial charge in [0.2, 0.25) is 5.91 Å². The fourth-order valence-corrected chi connectivity index (χ4v) is 6.63. The Morgan fingerprint density at radius 1 is 0.661 bits per heavy atom. The summed E-state index contributed by atoms with van der Waals surface area (Å²) < 4.78 is 16.6. The molecule has 0 radical (unpaired) electrons. The van der Waals surface area contributed by atoms with Crippen LogP contribution >= 0.6 is 11.8 Å². The number of nitrogens with two attached hydrogens (primary N) is 1. The first-order valence-corrected chi connectivity index (χ1v) is 19.4. The number of hydrogen-bond donors (Lipinski definition) is 6. The van der Waals surface area contributed by atoms with Crippen LogP contribution in [0.5, 0.6) is 0 Å². The maximum Gasteiger partial charge on any atom is 0.321 e. The molecule has 3 amide bonds. The second-order valence-electron chi connectivity index (χ2n) is 13.2. The molecule has 21 nitrogen and oxygen atoms in total. The molecule has 1 saturated heterocycles. The van der Waals surface area contributed by atoms with Gasteiger partial charge in [-0.3, -0.25) is 58.1 Å². The summed E-state index contributed by atoms with van der Waals surface area (Å²) in [5, 5.41) is 39.8. The van der Waals surface area contributed by atoms with Gasteiger partial charge >= 0.3 is 23.9 Å². The molecule has 2 rings (SSSR count). The van der Waals surface area contributed by atoms with Gasteiger partial charge in [-0.05, 0) is 19.8 Å². The highest BCUT2D eigenvalue weighted by atomic mass is 32.2. The van der Waals surface area contributed by atoms with Crippen molar-refractivity contribution < 1.29 is 68.2 Å². The molecule has 0 spiro atoms. The summed E-state index contributed by atoms with van der Waals surface area (Å²) in [5.74, 6) is -5.40. The number of carbonyl (C=O) groups excluding carboxylic acids is 3. The zero-order chi connectivity index (χ0) is 41.5. The number of ether oxygens (including phenoxy) is 3. The predicted molar refractivity (Wildman–Crippen MR) is 201 cm³/mol. The van der Waals surface area contributed by atoms with Crippen LogP contribution in [0.25, 0.3) is 0 Å². The van der Waals surface area contributed by atoms with Crippen LogP contribution in [0.1, 0.15) is 19.8 Å². The summed E-state index contributed by atoms with van der Waals surface area (Å²) >= 11 is 0.965. The van der Waals surface area contributed by atoms with Crippen molar-refractivity contribution in [1.29, 1.82) is 0 Å². The summed E-state index contributed by atoms with van der Waals surface area (Å²) in [5.41, 5.74) is 5.77. The number of amides is 3. The van der Waals surface area contributed by atoms with E-state index in [0.717, 1.165) is 16.7 Å². The highest BCUT2D eigenvalue weighted by Gasteiger charge is 2.36. The molecule has 0 aromatic rings. The van der Waals surface area contributed by atoms with Crippen LogP contribution in [0.2, 0.25) is 0 Å². The Kier molecular flexibility index (Phi) is 23.3. The van der Waals surface area contributed by atoms with Gasteiger partial charge in [0, 0.05) is 90.0 Å². The highest BCUT2D eigenvalue weighted by molar-refractivity contribution is 8.04. The lowest BCUT2D eigenvalue weighted by Gasteiger charge is -2.32. The minimum Gasteiger partial charge on any atom is -0.480 e. The van der Waals surface area contributed by atoms with Gasteiger partial charge in [-0.25, -0.2) is 0 Å². The van der Waals surface area contributed by atoms with Crippen LogP contribution in [-0.2, 0) is 47.8 Å². The Labute approximate surface area is 330 Å². The third-order valence-electron chi connectivity index (χ3n) is 8.65. The Bertz CT molecular complexity index is 1320. The van der Waals surface area contributed by atoms with Crippen LogP contribution in [-0.4, -0.2) is 230 Å². The van der Waals surface area contributed by atoms with E-state index in [9.17, 15) is 48.9 Å². The molecule has 0 unspecified atom stereocenters. The van der Waals surface area contributed by atoms with Gasteiger partial charge < -0.3 is 45.7 Å². The first-order chi connectivity index (χ1) is 26.7. The summed E-state index contributed by atoms with van der Waals surface area (Å²) in [4.78, 5) is 91.3. The molecule has 0 bridgehead atoms. The van der Waals surface area contributed by atoms with Crippen LogP contribution < -0.4 is 11.1 Å². The second-order valence-corrected chi connectivity index (χ2v) is 14.2. The Balaban J connectivity index is 1.60. The van der Waals surface area contributed by atoms with Crippen molar-refractivity contribution in [3.63, 3.8) is 0 Å². The number of nitrogens with zero attached hydrogens (tertiary/aromatic N) is 5. The van der Waals surface area contributed by atoms with E-state index in [-0.39, 0.29) is 68.0 Å². The van der Waals surface area contributed by atoms with Crippen LogP contribution in [0, 0.1) is 0 Å². The number of nitrogens with one attached hydrogen (secondary N) is 1. The molecule has 7 N–H and O–H groups in total. The van der Waals surface area contributed by atoms with E-state index in [0.29, 0.717) is 98.3 Å². The number of rotatable bonds is 26. The van der Waals surface area contributed by atoms with Gasteiger partial charge in [0.05, 0.1) is 57.5 Å². The molecule has 22 heteroatoms. The molecule has 1 fully saturated rings. The number of aliphatic carboxylic acids is 4. The Morgan fingerprint density at radius 2 is 1.07 bits per heavy atom. The Hall–Kier alpha value is -3.74. The first kappa shape index (κ1) is 48.4. The minimum atomic E-state index is -1.18. The van der Waals surface area contributed by atoms with E-state index < -0.39 is 41.7 Å². The summed E-state index contributed by atoms with van der Waals surface area (Å²) in [6.45, 7) is 5.80. The molecule has 56 heavy (non-hydrogen) atoms. The summed E-state index contributed by atoms with van der Waals surface area (Å²) in [6.07, 6.45) is 0.968. The minimum absolute atomic E-state index is 0.0247. The van der Waals surface area contributed by atoms with Gasteiger partial charge in [-0.1, -0.05) is 0 Å². The van der Waals surface area contributed by atoms with Gasteiger partial charge in [0.25, 0.3) is 11.8 Å². The normalized spacial score (nSPS) is 17.8. The third-order valence-corrected chi connectivity index (χ3v) is 9.94. The zero-order valence-electron chi connectivity index (χ0n) is 31.9. The molecular weight excluding hydrogens is 762 g/mol. The maximum absolute atomic E-state index is 12.8.